The number of hydrogen-bond donors (Lipinski definition) is 2. The number of benzene rings is 1. The minimum atomic E-state index is -0.406. The molecule has 0 aliphatic rings. The van der Waals surface area contributed by atoms with Crippen molar-refractivity contribution in [2.75, 3.05) is 18.5 Å². The van der Waals surface area contributed by atoms with E-state index in [9.17, 15) is 14.4 Å². The maximum absolute atomic E-state index is 11.8. The number of amides is 2. The molecule has 0 saturated carbocycles. The van der Waals surface area contributed by atoms with E-state index in [0.29, 0.717) is 17.9 Å². The van der Waals surface area contributed by atoms with Gasteiger partial charge in [-0.3, -0.25) is 9.59 Å². The van der Waals surface area contributed by atoms with Crippen LogP contribution in [0.1, 0.15) is 22.2 Å². The molecule has 2 aromatic rings. The summed E-state index contributed by atoms with van der Waals surface area (Å²) in [6.07, 6.45) is 0.263. The quantitative estimate of drug-likeness (QED) is 0.753. The molecule has 0 spiro atoms. The molecule has 2 amide bonds. The van der Waals surface area contributed by atoms with Gasteiger partial charge in [0.25, 0.3) is 0 Å². The zero-order valence-corrected chi connectivity index (χ0v) is 14.0. The molecule has 7 heteroatoms. The van der Waals surface area contributed by atoms with Gasteiger partial charge in [-0.05, 0) is 42.6 Å². The standard InChI is InChI=1S/C17H18N2O4S/c1-2-23-17(22)12-5-7-13(8-6-12)19-16(21)11-18-15(20)10-14-4-3-9-24-14/h3-9H,2,10-11H2,1H3,(H,18,20)(H,19,21). The van der Waals surface area contributed by atoms with Crippen LogP contribution in [0.5, 0.6) is 0 Å². The third-order valence-corrected chi connectivity index (χ3v) is 3.92. The van der Waals surface area contributed by atoms with Gasteiger partial charge in [-0.2, -0.15) is 0 Å². The van der Waals surface area contributed by atoms with E-state index in [0.717, 1.165) is 4.88 Å². The SMILES string of the molecule is CCOC(=O)c1ccc(NC(=O)CNC(=O)Cc2cccs2)cc1. The number of thiophene rings is 1. The molecule has 1 aromatic heterocycles. The molecular formula is C17H18N2O4S. The van der Waals surface area contributed by atoms with Crippen molar-refractivity contribution in [3.05, 3.63) is 52.2 Å². The van der Waals surface area contributed by atoms with Crippen molar-refractivity contribution in [2.45, 2.75) is 13.3 Å². The second-order valence-corrected chi connectivity index (χ2v) is 5.91. The van der Waals surface area contributed by atoms with E-state index in [1.54, 1.807) is 31.2 Å². The summed E-state index contributed by atoms with van der Waals surface area (Å²) >= 11 is 1.50. The number of ether oxygens (including phenoxy) is 1. The number of hydrogen-bond acceptors (Lipinski definition) is 5. The van der Waals surface area contributed by atoms with E-state index in [2.05, 4.69) is 10.6 Å². The van der Waals surface area contributed by atoms with E-state index < -0.39 is 5.97 Å². The van der Waals surface area contributed by atoms with Gasteiger partial charge in [-0.1, -0.05) is 6.07 Å². The highest BCUT2D eigenvalue weighted by molar-refractivity contribution is 7.10. The number of nitrogens with one attached hydrogen (secondary N) is 2. The van der Waals surface area contributed by atoms with Crippen LogP contribution in [0.4, 0.5) is 5.69 Å². The average molecular weight is 346 g/mol. The van der Waals surface area contributed by atoms with Gasteiger partial charge < -0.3 is 15.4 Å². The van der Waals surface area contributed by atoms with Gasteiger partial charge in [-0.15, -0.1) is 11.3 Å². The average Bonchev–Trinajstić information content (AvgIpc) is 3.07. The van der Waals surface area contributed by atoms with Gasteiger partial charge in [0, 0.05) is 10.6 Å². The van der Waals surface area contributed by atoms with Crippen molar-refractivity contribution in [3.63, 3.8) is 0 Å². The minimum Gasteiger partial charge on any atom is -0.462 e. The Morgan fingerprint density at radius 2 is 1.83 bits per heavy atom. The van der Waals surface area contributed by atoms with Gasteiger partial charge in [0.15, 0.2) is 0 Å². The van der Waals surface area contributed by atoms with Gasteiger partial charge in [0.1, 0.15) is 0 Å². The number of rotatable bonds is 7. The van der Waals surface area contributed by atoms with Crippen molar-refractivity contribution in [2.24, 2.45) is 0 Å². The fraction of sp³-hybridized carbons (Fsp3) is 0.235. The lowest BCUT2D eigenvalue weighted by atomic mass is 10.2. The fourth-order valence-electron chi connectivity index (χ4n) is 1.92. The molecule has 24 heavy (non-hydrogen) atoms. The van der Waals surface area contributed by atoms with Crippen LogP contribution in [0.15, 0.2) is 41.8 Å². The molecule has 0 unspecified atom stereocenters. The first-order valence-electron chi connectivity index (χ1n) is 7.44. The Morgan fingerprint density at radius 3 is 2.46 bits per heavy atom. The second kappa shape index (κ2) is 8.83. The Kier molecular flexibility index (Phi) is 6.51. The zero-order chi connectivity index (χ0) is 17.4. The van der Waals surface area contributed by atoms with E-state index >= 15 is 0 Å². The second-order valence-electron chi connectivity index (χ2n) is 4.88. The molecule has 0 saturated heterocycles. The first-order valence-corrected chi connectivity index (χ1v) is 8.32. The Hall–Kier alpha value is -2.67. The van der Waals surface area contributed by atoms with Crippen LogP contribution in [0.2, 0.25) is 0 Å². The van der Waals surface area contributed by atoms with Gasteiger partial charge in [0.05, 0.1) is 25.1 Å². The highest BCUT2D eigenvalue weighted by Crippen LogP contribution is 2.11. The highest BCUT2D eigenvalue weighted by atomic mass is 32.1. The van der Waals surface area contributed by atoms with Crippen LogP contribution < -0.4 is 10.6 Å². The first kappa shape index (κ1) is 17.7. The predicted octanol–water partition coefficient (Wildman–Crippen LogP) is 2.22. The fourth-order valence-corrected chi connectivity index (χ4v) is 2.63. The number of esters is 1. The van der Waals surface area contributed by atoms with Crippen LogP contribution in [-0.4, -0.2) is 30.9 Å². The summed E-state index contributed by atoms with van der Waals surface area (Å²) in [4.78, 5) is 36.0. The minimum absolute atomic E-state index is 0.107. The summed E-state index contributed by atoms with van der Waals surface area (Å²) in [5, 5.41) is 7.12. The molecular weight excluding hydrogens is 328 g/mol. The zero-order valence-electron chi connectivity index (χ0n) is 13.2. The highest BCUT2D eigenvalue weighted by Gasteiger charge is 2.09. The Bertz CT molecular complexity index is 696. The molecule has 0 aliphatic carbocycles. The van der Waals surface area contributed by atoms with Crippen molar-refractivity contribution in [3.8, 4) is 0 Å². The van der Waals surface area contributed by atoms with Crippen molar-refractivity contribution < 1.29 is 19.1 Å². The van der Waals surface area contributed by atoms with Crippen LogP contribution >= 0.6 is 11.3 Å². The smallest absolute Gasteiger partial charge is 0.338 e. The third-order valence-electron chi connectivity index (χ3n) is 3.04. The van der Waals surface area contributed by atoms with Crippen LogP contribution in [-0.2, 0) is 20.7 Å². The Morgan fingerprint density at radius 1 is 1.08 bits per heavy atom. The summed E-state index contributed by atoms with van der Waals surface area (Å²) in [5.41, 5.74) is 0.958. The van der Waals surface area contributed by atoms with Crippen molar-refractivity contribution >= 4 is 34.8 Å². The summed E-state index contributed by atoms with van der Waals surface area (Å²) in [7, 11) is 0. The largest absolute Gasteiger partial charge is 0.462 e. The Balaban J connectivity index is 1.77. The van der Waals surface area contributed by atoms with Crippen molar-refractivity contribution in [1.29, 1.82) is 0 Å². The normalized spacial score (nSPS) is 10.0. The molecule has 1 heterocycles. The molecule has 126 valence electrons. The summed E-state index contributed by atoms with van der Waals surface area (Å²) < 4.78 is 4.88. The van der Waals surface area contributed by atoms with Gasteiger partial charge in [0.2, 0.25) is 11.8 Å². The molecule has 6 nitrogen and oxygen atoms in total. The lowest BCUT2D eigenvalue weighted by Crippen LogP contribution is -2.33. The molecule has 1 aromatic carbocycles. The number of carbonyl (C=O) groups is 3. The van der Waals surface area contributed by atoms with E-state index in [-0.39, 0.29) is 24.8 Å². The topological polar surface area (TPSA) is 84.5 Å². The van der Waals surface area contributed by atoms with Gasteiger partial charge in [-0.25, -0.2) is 4.79 Å². The van der Waals surface area contributed by atoms with Crippen LogP contribution in [0.3, 0.4) is 0 Å². The molecule has 0 aliphatic heterocycles. The molecule has 2 N–H and O–H groups in total. The van der Waals surface area contributed by atoms with Crippen LogP contribution in [0.25, 0.3) is 0 Å². The van der Waals surface area contributed by atoms with E-state index in [4.69, 9.17) is 4.74 Å². The number of carbonyl (C=O) groups excluding carboxylic acids is 3. The summed E-state index contributed by atoms with van der Waals surface area (Å²) in [5.74, 6) is -0.945. The summed E-state index contributed by atoms with van der Waals surface area (Å²) in [6, 6.07) is 10.1. The van der Waals surface area contributed by atoms with E-state index in [1.165, 1.54) is 11.3 Å². The third kappa shape index (κ3) is 5.51. The maximum atomic E-state index is 11.8. The molecule has 0 fully saturated rings. The van der Waals surface area contributed by atoms with Crippen molar-refractivity contribution in [1.82, 2.24) is 5.32 Å². The number of anilines is 1. The predicted molar refractivity (Wildman–Crippen MR) is 92.1 cm³/mol. The van der Waals surface area contributed by atoms with Crippen LogP contribution in [0, 0.1) is 0 Å². The summed E-state index contributed by atoms with van der Waals surface area (Å²) in [6.45, 7) is 1.94. The van der Waals surface area contributed by atoms with Gasteiger partial charge >= 0.3 is 5.97 Å². The lowest BCUT2D eigenvalue weighted by molar-refractivity contribution is -0.123. The lowest BCUT2D eigenvalue weighted by Gasteiger charge is -2.07. The van der Waals surface area contributed by atoms with E-state index in [1.807, 2.05) is 17.5 Å². The molecule has 2 rings (SSSR count). The first-order chi connectivity index (χ1) is 11.6. The monoisotopic (exact) mass is 346 g/mol. The molecule has 0 atom stereocenters. The Labute approximate surface area is 143 Å². The maximum Gasteiger partial charge on any atom is 0.338 e. The molecule has 0 bridgehead atoms. The molecule has 0 radical (unpaired) electrons.